The quantitative estimate of drug-likeness (QED) is 0.757. The fraction of sp³-hybridized carbons (Fsp3) is 0.381. The molecule has 29 heavy (non-hydrogen) atoms. The lowest BCUT2D eigenvalue weighted by Crippen LogP contribution is -2.48. The normalized spacial score (nSPS) is 15.5. The van der Waals surface area contributed by atoms with Crippen LogP contribution < -0.4 is 4.72 Å². The monoisotopic (exact) mass is 435 g/mol. The van der Waals surface area contributed by atoms with Crippen molar-refractivity contribution in [1.29, 1.82) is 0 Å². The molecule has 8 heteroatoms. The molecule has 2 aromatic carbocycles. The van der Waals surface area contributed by atoms with Gasteiger partial charge in [0.2, 0.25) is 10.0 Å². The number of benzene rings is 2. The van der Waals surface area contributed by atoms with Crippen LogP contribution in [0.3, 0.4) is 0 Å². The molecule has 0 radical (unpaired) electrons. The summed E-state index contributed by atoms with van der Waals surface area (Å²) in [4.78, 5) is 17.3. The first kappa shape index (κ1) is 21.8. The summed E-state index contributed by atoms with van der Waals surface area (Å²) in [5.41, 5.74) is 2.40. The smallest absolute Gasteiger partial charge is 0.254 e. The number of carbonyl (C=O) groups excluding carboxylic acids is 1. The maximum Gasteiger partial charge on any atom is 0.254 e. The number of nitrogens with one attached hydrogen (secondary N) is 1. The number of hydrogen-bond acceptors (Lipinski definition) is 4. The van der Waals surface area contributed by atoms with Gasteiger partial charge in [-0.3, -0.25) is 9.69 Å². The lowest BCUT2D eigenvalue weighted by molar-refractivity contribution is 0.0627. The first-order chi connectivity index (χ1) is 13.8. The van der Waals surface area contributed by atoms with Crippen molar-refractivity contribution in [1.82, 2.24) is 14.5 Å². The van der Waals surface area contributed by atoms with Crippen molar-refractivity contribution < 1.29 is 13.2 Å². The summed E-state index contributed by atoms with van der Waals surface area (Å²) < 4.78 is 27.0. The van der Waals surface area contributed by atoms with E-state index in [1.807, 2.05) is 31.2 Å². The SMILES string of the molecule is CCNS(=O)(=O)c1ccc(C)c(C(=O)N2CCN(Cc3ccc(Cl)cc3)CC2)c1. The third-order valence-corrected chi connectivity index (χ3v) is 6.86. The van der Waals surface area contributed by atoms with E-state index in [0.717, 1.165) is 30.2 Å². The molecule has 1 aliphatic rings. The summed E-state index contributed by atoms with van der Waals surface area (Å²) in [7, 11) is -3.60. The molecule has 0 aliphatic carbocycles. The predicted molar refractivity (Wildman–Crippen MR) is 115 cm³/mol. The fourth-order valence-corrected chi connectivity index (χ4v) is 4.59. The van der Waals surface area contributed by atoms with Gasteiger partial charge in [-0.05, 0) is 42.3 Å². The van der Waals surface area contributed by atoms with Crippen LogP contribution in [0.5, 0.6) is 0 Å². The van der Waals surface area contributed by atoms with Crippen molar-refractivity contribution in [3.63, 3.8) is 0 Å². The molecule has 0 aromatic heterocycles. The Morgan fingerprint density at radius 3 is 2.34 bits per heavy atom. The number of piperazine rings is 1. The van der Waals surface area contributed by atoms with Gasteiger partial charge in [0.05, 0.1) is 4.90 Å². The topological polar surface area (TPSA) is 69.7 Å². The second-order valence-corrected chi connectivity index (χ2v) is 9.38. The number of amides is 1. The number of rotatable bonds is 6. The van der Waals surface area contributed by atoms with Gasteiger partial charge in [0.1, 0.15) is 0 Å². The number of aryl methyl sites for hydroxylation is 1. The van der Waals surface area contributed by atoms with Gasteiger partial charge in [-0.15, -0.1) is 0 Å². The van der Waals surface area contributed by atoms with Gasteiger partial charge in [-0.2, -0.15) is 0 Å². The van der Waals surface area contributed by atoms with Gasteiger partial charge in [0.25, 0.3) is 5.91 Å². The average Bonchev–Trinajstić information content (AvgIpc) is 2.70. The highest BCUT2D eigenvalue weighted by Crippen LogP contribution is 2.19. The van der Waals surface area contributed by atoms with E-state index < -0.39 is 10.0 Å². The number of halogens is 1. The van der Waals surface area contributed by atoms with Crippen molar-refractivity contribution in [3.8, 4) is 0 Å². The Bertz CT molecular complexity index is 969. The van der Waals surface area contributed by atoms with Crippen LogP contribution in [0.4, 0.5) is 0 Å². The second kappa shape index (κ2) is 9.26. The molecule has 1 aliphatic heterocycles. The lowest BCUT2D eigenvalue weighted by Gasteiger charge is -2.35. The molecule has 3 rings (SSSR count). The van der Waals surface area contributed by atoms with Gasteiger partial charge in [0.15, 0.2) is 0 Å². The third-order valence-electron chi connectivity index (χ3n) is 5.06. The lowest BCUT2D eigenvalue weighted by atomic mass is 10.1. The van der Waals surface area contributed by atoms with E-state index >= 15 is 0 Å². The molecule has 156 valence electrons. The first-order valence-electron chi connectivity index (χ1n) is 9.66. The summed E-state index contributed by atoms with van der Waals surface area (Å²) >= 11 is 5.94. The van der Waals surface area contributed by atoms with Crippen LogP contribution in [0, 0.1) is 6.92 Å². The van der Waals surface area contributed by atoms with E-state index in [-0.39, 0.29) is 10.8 Å². The number of hydrogen-bond donors (Lipinski definition) is 1. The summed E-state index contributed by atoms with van der Waals surface area (Å²) in [6, 6.07) is 12.5. The maximum atomic E-state index is 13.0. The summed E-state index contributed by atoms with van der Waals surface area (Å²) in [6.45, 7) is 7.41. The minimum atomic E-state index is -3.60. The first-order valence-corrected chi connectivity index (χ1v) is 11.5. The second-order valence-electron chi connectivity index (χ2n) is 7.17. The highest BCUT2D eigenvalue weighted by atomic mass is 35.5. The van der Waals surface area contributed by atoms with Gasteiger partial charge in [-0.25, -0.2) is 13.1 Å². The van der Waals surface area contributed by atoms with Gasteiger partial charge >= 0.3 is 0 Å². The van der Waals surface area contributed by atoms with Gasteiger partial charge < -0.3 is 4.90 Å². The van der Waals surface area contributed by atoms with Crippen molar-refractivity contribution in [3.05, 3.63) is 64.2 Å². The predicted octanol–water partition coefficient (Wildman–Crippen LogP) is 2.90. The molecule has 1 heterocycles. The average molecular weight is 436 g/mol. The number of nitrogens with zero attached hydrogens (tertiary/aromatic N) is 2. The Kier molecular flexibility index (Phi) is 6.95. The van der Waals surface area contributed by atoms with E-state index in [1.165, 1.54) is 17.7 Å². The van der Waals surface area contributed by atoms with Crippen LogP contribution in [-0.4, -0.2) is 56.8 Å². The van der Waals surface area contributed by atoms with E-state index in [9.17, 15) is 13.2 Å². The summed E-state index contributed by atoms with van der Waals surface area (Å²) in [5.74, 6) is -0.123. The molecule has 0 bridgehead atoms. The van der Waals surface area contributed by atoms with E-state index in [1.54, 1.807) is 17.9 Å². The third kappa shape index (κ3) is 5.36. The summed E-state index contributed by atoms with van der Waals surface area (Å²) in [6.07, 6.45) is 0. The summed E-state index contributed by atoms with van der Waals surface area (Å²) in [5, 5.41) is 0.720. The number of sulfonamides is 1. The molecule has 1 N–H and O–H groups in total. The van der Waals surface area contributed by atoms with Crippen molar-refractivity contribution in [2.24, 2.45) is 0 Å². The van der Waals surface area contributed by atoms with Crippen LogP contribution in [-0.2, 0) is 16.6 Å². The zero-order valence-corrected chi connectivity index (χ0v) is 18.3. The van der Waals surface area contributed by atoms with Gasteiger partial charge in [-0.1, -0.05) is 36.7 Å². The van der Waals surface area contributed by atoms with Crippen LogP contribution in [0.25, 0.3) is 0 Å². The Hall–Kier alpha value is -1.93. The molecule has 1 fully saturated rings. The Morgan fingerprint density at radius 1 is 1.07 bits per heavy atom. The molecule has 0 spiro atoms. The molecule has 0 unspecified atom stereocenters. The molecule has 6 nitrogen and oxygen atoms in total. The van der Waals surface area contributed by atoms with Crippen molar-refractivity contribution >= 4 is 27.5 Å². The Labute approximate surface area is 177 Å². The molecule has 1 amide bonds. The minimum absolute atomic E-state index is 0.120. The zero-order valence-electron chi connectivity index (χ0n) is 16.7. The largest absolute Gasteiger partial charge is 0.336 e. The highest BCUT2D eigenvalue weighted by molar-refractivity contribution is 7.89. The highest BCUT2D eigenvalue weighted by Gasteiger charge is 2.25. The van der Waals surface area contributed by atoms with Crippen LogP contribution in [0.15, 0.2) is 47.4 Å². The maximum absolute atomic E-state index is 13.0. The Balaban J connectivity index is 1.66. The van der Waals surface area contributed by atoms with Crippen molar-refractivity contribution in [2.45, 2.75) is 25.3 Å². The molecule has 0 atom stereocenters. The molecule has 1 saturated heterocycles. The molecular formula is C21H26ClN3O3S. The minimum Gasteiger partial charge on any atom is -0.336 e. The number of carbonyl (C=O) groups is 1. The van der Waals surface area contributed by atoms with Crippen molar-refractivity contribution in [2.75, 3.05) is 32.7 Å². The Morgan fingerprint density at radius 2 is 1.72 bits per heavy atom. The van der Waals surface area contributed by atoms with Crippen LogP contribution in [0.2, 0.25) is 5.02 Å². The van der Waals surface area contributed by atoms with Crippen LogP contribution in [0.1, 0.15) is 28.4 Å². The molecule has 2 aromatic rings. The van der Waals surface area contributed by atoms with E-state index in [0.29, 0.717) is 25.2 Å². The standard InChI is InChI=1S/C21H26ClN3O3S/c1-3-23-29(27,28)19-9-4-16(2)20(14-19)21(26)25-12-10-24(11-13-25)15-17-5-7-18(22)8-6-17/h4-9,14,23H,3,10-13,15H2,1-2H3. The van der Waals surface area contributed by atoms with E-state index in [4.69, 9.17) is 11.6 Å². The van der Waals surface area contributed by atoms with E-state index in [2.05, 4.69) is 9.62 Å². The van der Waals surface area contributed by atoms with Gasteiger partial charge in [0, 0.05) is 49.9 Å². The van der Waals surface area contributed by atoms with Crippen LogP contribution >= 0.6 is 11.6 Å². The fourth-order valence-electron chi connectivity index (χ4n) is 3.40. The molecular weight excluding hydrogens is 410 g/mol. The zero-order chi connectivity index (χ0) is 21.0. The molecule has 0 saturated carbocycles.